The van der Waals surface area contributed by atoms with Crippen LogP contribution in [0.1, 0.15) is 32.3 Å². The van der Waals surface area contributed by atoms with Gasteiger partial charge in [-0.1, -0.05) is 18.2 Å². The maximum absolute atomic E-state index is 12.8. The van der Waals surface area contributed by atoms with Crippen LogP contribution in [0.2, 0.25) is 0 Å². The van der Waals surface area contributed by atoms with E-state index < -0.39 is 0 Å². The molecule has 0 saturated carbocycles. The summed E-state index contributed by atoms with van der Waals surface area (Å²) in [5, 5.41) is 2.10. The number of furan rings is 1. The van der Waals surface area contributed by atoms with Crippen LogP contribution in [0.25, 0.3) is 0 Å². The molecular weight excluding hydrogens is 420 g/mol. The molecule has 1 fully saturated rings. The van der Waals surface area contributed by atoms with E-state index in [1.807, 2.05) is 36.9 Å². The van der Waals surface area contributed by atoms with Crippen LogP contribution in [0.4, 0.5) is 0 Å². The largest absolute Gasteiger partial charge is 0.485 e. The van der Waals surface area contributed by atoms with E-state index in [4.69, 9.17) is 9.15 Å². The Balaban J connectivity index is 0.00000256. The maximum Gasteiger partial charge on any atom is 0.289 e. The standard InChI is InChI=1S/C23H26N2O3S.ClH/c1-17-5-6-18(2)22(14-17)27-16-19-7-8-21(28-19)23(26)25-11-9-24(10-12-25)15-20-4-3-13-29-20;/h3-8,13-14H,9-12,15-16H2,1-2H3;1H. The molecule has 1 aliphatic rings. The van der Waals surface area contributed by atoms with Gasteiger partial charge in [0.25, 0.3) is 5.91 Å². The number of halogens is 1. The summed E-state index contributed by atoms with van der Waals surface area (Å²) in [4.78, 5) is 18.4. The topological polar surface area (TPSA) is 45.9 Å². The minimum Gasteiger partial charge on any atom is -0.485 e. The summed E-state index contributed by atoms with van der Waals surface area (Å²) < 4.78 is 11.7. The highest BCUT2D eigenvalue weighted by Gasteiger charge is 2.24. The molecule has 0 spiro atoms. The Labute approximate surface area is 187 Å². The molecule has 0 aliphatic carbocycles. The molecule has 1 amide bonds. The van der Waals surface area contributed by atoms with Crippen molar-refractivity contribution in [3.8, 4) is 5.75 Å². The first-order chi connectivity index (χ1) is 14.1. The summed E-state index contributed by atoms with van der Waals surface area (Å²) in [5.74, 6) is 1.84. The quantitative estimate of drug-likeness (QED) is 0.539. The van der Waals surface area contributed by atoms with Crippen LogP contribution < -0.4 is 4.74 Å². The monoisotopic (exact) mass is 446 g/mol. The lowest BCUT2D eigenvalue weighted by atomic mass is 10.1. The van der Waals surface area contributed by atoms with E-state index in [9.17, 15) is 4.79 Å². The van der Waals surface area contributed by atoms with Crippen molar-refractivity contribution in [2.24, 2.45) is 0 Å². The number of hydrogen-bond acceptors (Lipinski definition) is 5. The van der Waals surface area contributed by atoms with E-state index in [1.165, 1.54) is 4.88 Å². The van der Waals surface area contributed by atoms with Gasteiger partial charge in [0.1, 0.15) is 18.1 Å². The number of benzene rings is 1. The van der Waals surface area contributed by atoms with Gasteiger partial charge in [0.05, 0.1) is 0 Å². The molecule has 30 heavy (non-hydrogen) atoms. The second-order valence-electron chi connectivity index (χ2n) is 7.47. The molecule has 1 saturated heterocycles. The molecule has 4 rings (SSSR count). The molecule has 160 valence electrons. The zero-order valence-electron chi connectivity index (χ0n) is 17.3. The highest BCUT2D eigenvalue weighted by atomic mass is 35.5. The Morgan fingerprint density at radius 2 is 1.90 bits per heavy atom. The highest BCUT2D eigenvalue weighted by molar-refractivity contribution is 7.09. The number of hydrogen-bond donors (Lipinski definition) is 0. The Bertz CT molecular complexity index is 963. The highest BCUT2D eigenvalue weighted by Crippen LogP contribution is 2.21. The van der Waals surface area contributed by atoms with Gasteiger partial charge in [-0.25, -0.2) is 0 Å². The minimum absolute atomic E-state index is 0. The van der Waals surface area contributed by atoms with Gasteiger partial charge in [-0.05, 0) is 54.6 Å². The van der Waals surface area contributed by atoms with Crippen molar-refractivity contribution in [3.63, 3.8) is 0 Å². The number of nitrogens with zero attached hydrogens (tertiary/aromatic N) is 2. The normalized spacial score (nSPS) is 14.4. The third kappa shape index (κ3) is 5.45. The predicted octanol–water partition coefficient (Wildman–Crippen LogP) is 4.92. The van der Waals surface area contributed by atoms with Gasteiger partial charge in [0.15, 0.2) is 5.76 Å². The van der Waals surface area contributed by atoms with E-state index in [1.54, 1.807) is 17.4 Å². The van der Waals surface area contributed by atoms with E-state index in [2.05, 4.69) is 28.5 Å². The Hall–Kier alpha value is -2.28. The summed E-state index contributed by atoms with van der Waals surface area (Å²) in [6.45, 7) is 8.53. The number of carbonyl (C=O) groups is 1. The van der Waals surface area contributed by atoms with E-state index >= 15 is 0 Å². The van der Waals surface area contributed by atoms with Crippen LogP contribution in [0.15, 0.2) is 52.3 Å². The molecule has 2 aromatic heterocycles. The fourth-order valence-electron chi connectivity index (χ4n) is 3.47. The molecule has 3 heterocycles. The molecule has 0 unspecified atom stereocenters. The van der Waals surface area contributed by atoms with E-state index in [0.717, 1.165) is 49.6 Å². The predicted molar refractivity (Wildman–Crippen MR) is 122 cm³/mol. The number of amides is 1. The molecule has 1 aromatic carbocycles. The second kappa shape index (κ2) is 10.2. The minimum atomic E-state index is -0.0428. The van der Waals surface area contributed by atoms with Gasteiger partial charge >= 0.3 is 0 Å². The average Bonchev–Trinajstić information content (AvgIpc) is 3.41. The lowest BCUT2D eigenvalue weighted by Gasteiger charge is -2.34. The molecular formula is C23H27ClN2O3S. The first kappa shape index (κ1) is 22.4. The number of aryl methyl sites for hydroxylation is 2. The molecule has 7 heteroatoms. The van der Waals surface area contributed by atoms with E-state index in [-0.39, 0.29) is 18.3 Å². The first-order valence-corrected chi connectivity index (χ1v) is 10.8. The lowest BCUT2D eigenvalue weighted by molar-refractivity contribution is 0.0595. The lowest BCUT2D eigenvalue weighted by Crippen LogP contribution is -2.48. The van der Waals surface area contributed by atoms with Crippen LogP contribution in [-0.4, -0.2) is 41.9 Å². The molecule has 1 aliphatic heterocycles. The summed E-state index contributed by atoms with van der Waals surface area (Å²) in [7, 11) is 0. The van der Waals surface area contributed by atoms with Crippen molar-refractivity contribution in [1.29, 1.82) is 0 Å². The fraction of sp³-hybridized carbons (Fsp3) is 0.348. The van der Waals surface area contributed by atoms with Gasteiger partial charge in [0.2, 0.25) is 0 Å². The Morgan fingerprint density at radius 1 is 1.10 bits per heavy atom. The summed E-state index contributed by atoms with van der Waals surface area (Å²) in [5.41, 5.74) is 2.23. The molecule has 0 N–H and O–H groups in total. The summed E-state index contributed by atoms with van der Waals surface area (Å²) >= 11 is 1.78. The van der Waals surface area contributed by atoms with Gasteiger partial charge in [-0.2, -0.15) is 0 Å². The van der Waals surface area contributed by atoms with Crippen molar-refractivity contribution in [3.05, 3.63) is 75.4 Å². The number of carbonyl (C=O) groups excluding carboxylic acids is 1. The zero-order valence-corrected chi connectivity index (χ0v) is 18.9. The van der Waals surface area contributed by atoms with Gasteiger partial charge in [-0.3, -0.25) is 9.69 Å². The van der Waals surface area contributed by atoms with Crippen molar-refractivity contribution < 1.29 is 13.9 Å². The third-order valence-corrected chi connectivity index (χ3v) is 6.07. The molecule has 0 atom stereocenters. The van der Waals surface area contributed by atoms with E-state index in [0.29, 0.717) is 18.1 Å². The molecule has 3 aromatic rings. The zero-order chi connectivity index (χ0) is 20.2. The van der Waals surface area contributed by atoms with Gasteiger partial charge in [0, 0.05) is 37.6 Å². The van der Waals surface area contributed by atoms with Crippen molar-refractivity contribution in [2.45, 2.75) is 27.0 Å². The smallest absolute Gasteiger partial charge is 0.289 e. The van der Waals surface area contributed by atoms with Gasteiger partial charge < -0.3 is 14.1 Å². The Kier molecular flexibility index (Phi) is 7.58. The van der Waals surface area contributed by atoms with Crippen LogP contribution in [-0.2, 0) is 13.2 Å². The third-order valence-electron chi connectivity index (χ3n) is 5.21. The fourth-order valence-corrected chi connectivity index (χ4v) is 4.22. The van der Waals surface area contributed by atoms with Crippen LogP contribution in [0.3, 0.4) is 0 Å². The number of thiophene rings is 1. The van der Waals surface area contributed by atoms with Gasteiger partial charge in [-0.15, -0.1) is 23.7 Å². The second-order valence-corrected chi connectivity index (χ2v) is 8.50. The van der Waals surface area contributed by atoms with Crippen molar-refractivity contribution in [2.75, 3.05) is 26.2 Å². The van der Waals surface area contributed by atoms with Crippen LogP contribution in [0, 0.1) is 13.8 Å². The molecule has 5 nitrogen and oxygen atoms in total. The number of piperazine rings is 1. The SMILES string of the molecule is Cc1ccc(C)c(OCc2ccc(C(=O)N3CCN(Cc4cccs4)CC3)o2)c1.Cl. The van der Waals surface area contributed by atoms with Crippen molar-refractivity contribution in [1.82, 2.24) is 9.80 Å². The van der Waals surface area contributed by atoms with Crippen molar-refractivity contribution >= 4 is 29.7 Å². The summed E-state index contributed by atoms with van der Waals surface area (Å²) in [6.07, 6.45) is 0. The number of rotatable bonds is 6. The number of ether oxygens (including phenoxy) is 1. The summed E-state index contributed by atoms with van der Waals surface area (Å²) in [6, 6.07) is 13.9. The molecule has 0 bridgehead atoms. The Morgan fingerprint density at radius 3 is 2.63 bits per heavy atom. The first-order valence-electron chi connectivity index (χ1n) is 9.91. The average molecular weight is 447 g/mol. The molecule has 0 radical (unpaired) electrons. The van der Waals surface area contributed by atoms with Crippen LogP contribution in [0.5, 0.6) is 5.75 Å². The van der Waals surface area contributed by atoms with Crippen LogP contribution >= 0.6 is 23.7 Å². The maximum atomic E-state index is 12.8.